The number of amides is 4. The number of benzene rings is 2. The third-order valence-electron chi connectivity index (χ3n) is 10.5. The number of piperidine rings is 3. The lowest BCUT2D eigenvalue weighted by molar-refractivity contribution is -0.142. The molecule has 3 fully saturated rings. The zero-order valence-corrected chi connectivity index (χ0v) is 27.4. The Bertz CT molecular complexity index is 1390. The van der Waals surface area contributed by atoms with E-state index in [0.29, 0.717) is 51.6 Å². The molecule has 10 nitrogen and oxygen atoms in total. The van der Waals surface area contributed by atoms with Crippen molar-refractivity contribution in [2.75, 3.05) is 51.1 Å². The van der Waals surface area contributed by atoms with Gasteiger partial charge in [-0.1, -0.05) is 36.8 Å². The lowest BCUT2D eigenvalue weighted by atomic mass is 9.89. The van der Waals surface area contributed by atoms with Crippen LogP contribution in [0, 0.1) is 6.92 Å². The summed E-state index contributed by atoms with van der Waals surface area (Å²) in [5, 5.41) is 13.4. The fraction of sp³-hybridized carbons (Fsp3) is 0.571. The fourth-order valence-corrected chi connectivity index (χ4v) is 7.79. The molecule has 11 heteroatoms. The van der Waals surface area contributed by atoms with Crippen molar-refractivity contribution in [2.24, 2.45) is 0 Å². The van der Waals surface area contributed by atoms with E-state index in [2.05, 4.69) is 10.2 Å². The molecule has 4 amide bonds. The number of fused-ring (bicyclic) bond motifs is 1. The second-order valence-electron chi connectivity index (χ2n) is 13.6. The fourth-order valence-electron chi connectivity index (χ4n) is 7.79. The highest BCUT2D eigenvalue weighted by Crippen LogP contribution is 2.26. The van der Waals surface area contributed by atoms with E-state index < -0.39 is 12.2 Å². The van der Waals surface area contributed by atoms with Gasteiger partial charge in [-0.15, -0.1) is 0 Å². The van der Waals surface area contributed by atoms with Crippen LogP contribution in [0.1, 0.15) is 61.6 Å². The second kappa shape index (κ2) is 14.4. The number of hydrogen-bond acceptors (Lipinski definition) is 6. The largest absolute Gasteiger partial charge is 0.508 e. The number of hydrogen-bond donors (Lipinski definition) is 2. The van der Waals surface area contributed by atoms with E-state index in [1.807, 2.05) is 61.0 Å². The zero-order valence-electron chi connectivity index (χ0n) is 27.4. The molecule has 2 aromatic carbocycles. The summed E-state index contributed by atoms with van der Waals surface area (Å²) in [5.74, 6) is 0.0952. The number of nitrogens with zero attached hydrogens (tertiary/aromatic N) is 4. The van der Waals surface area contributed by atoms with Crippen LogP contribution in [0.2, 0.25) is 0 Å². The van der Waals surface area contributed by atoms with Crippen molar-refractivity contribution in [1.29, 1.82) is 0 Å². The van der Waals surface area contributed by atoms with E-state index in [0.717, 1.165) is 60.2 Å². The van der Waals surface area contributed by atoms with Crippen LogP contribution in [0.25, 0.3) is 0 Å². The van der Waals surface area contributed by atoms with E-state index in [9.17, 15) is 19.5 Å². The highest BCUT2D eigenvalue weighted by molar-refractivity contribution is 6.34. The molecule has 2 N–H and O–H groups in total. The molecule has 4 heterocycles. The van der Waals surface area contributed by atoms with Gasteiger partial charge in [-0.3, -0.25) is 4.79 Å². The molecule has 0 saturated carbocycles. The number of ether oxygens (including phenoxy) is 1. The molecule has 4 aliphatic rings. The summed E-state index contributed by atoms with van der Waals surface area (Å²) >= 11 is 0. The number of phenolic OH excluding ortho intramolecular Hbond substituents is 1. The minimum atomic E-state index is -0.949. The van der Waals surface area contributed by atoms with Gasteiger partial charge in [-0.25, -0.2) is 9.59 Å². The summed E-state index contributed by atoms with van der Waals surface area (Å²) in [5.41, 5.74) is 4.32. The van der Waals surface area contributed by atoms with Crippen molar-refractivity contribution in [2.45, 2.75) is 82.9 Å². The first-order valence-electron chi connectivity index (χ1n) is 17.2. The molecule has 1 atom stereocenters. The van der Waals surface area contributed by atoms with Gasteiger partial charge in [-0.2, -0.15) is 0 Å². The molecule has 0 aromatic heterocycles. The Morgan fingerprint density at radius 1 is 0.935 bits per heavy atom. The normalized spacial score (nSPS) is 20.9. The van der Waals surface area contributed by atoms with Gasteiger partial charge in [0.1, 0.15) is 13.6 Å². The van der Waals surface area contributed by atoms with Gasteiger partial charge < -0.3 is 34.8 Å². The van der Waals surface area contributed by atoms with Crippen molar-refractivity contribution in [3.8, 4) is 5.75 Å². The Morgan fingerprint density at radius 3 is 2.33 bits per heavy atom. The van der Waals surface area contributed by atoms with Crippen molar-refractivity contribution in [1.82, 2.24) is 19.6 Å². The van der Waals surface area contributed by atoms with Gasteiger partial charge in [0.25, 0.3) is 5.91 Å². The van der Waals surface area contributed by atoms with Crippen LogP contribution in [-0.4, -0.2) is 115 Å². The van der Waals surface area contributed by atoms with Crippen LogP contribution >= 0.6 is 0 Å². The second-order valence-corrected chi connectivity index (χ2v) is 13.6. The van der Waals surface area contributed by atoms with E-state index in [-0.39, 0.29) is 30.2 Å². The molecule has 4 aliphatic heterocycles. The third-order valence-corrected chi connectivity index (χ3v) is 10.5. The first kappa shape index (κ1) is 32.2. The number of para-hydroxylation sites is 1. The summed E-state index contributed by atoms with van der Waals surface area (Å²) < 4.78 is 6.06. The molecule has 0 unspecified atom stereocenters. The SMILES string of the molecule is Bc1cc(C[C@@H](OC(=O)N2CCC(N3CCc4ccccc4NC3=O)CC2)C(=O)N2CCC(N3CCCCC3)CC2)cc(C)c1O. The molecule has 6 rings (SSSR count). The van der Waals surface area contributed by atoms with E-state index >= 15 is 0 Å². The molecule has 0 radical (unpaired) electrons. The van der Waals surface area contributed by atoms with Crippen LogP contribution in [0.5, 0.6) is 5.75 Å². The molecule has 3 saturated heterocycles. The maximum absolute atomic E-state index is 14.0. The number of aryl methyl sites for hydroxylation is 1. The van der Waals surface area contributed by atoms with Gasteiger partial charge in [0, 0.05) is 56.9 Å². The minimum Gasteiger partial charge on any atom is -0.508 e. The Hall–Kier alpha value is -3.73. The minimum absolute atomic E-state index is 0.0277. The third kappa shape index (κ3) is 7.30. The Kier molecular flexibility index (Phi) is 10.1. The van der Waals surface area contributed by atoms with Crippen LogP contribution < -0.4 is 10.8 Å². The van der Waals surface area contributed by atoms with Crippen molar-refractivity contribution < 1.29 is 24.2 Å². The van der Waals surface area contributed by atoms with Crippen LogP contribution in [-0.2, 0) is 22.4 Å². The average Bonchev–Trinajstić information content (AvgIpc) is 3.25. The molecule has 246 valence electrons. The highest BCUT2D eigenvalue weighted by atomic mass is 16.6. The number of nitrogens with one attached hydrogen (secondary N) is 1. The molecule has 46 heavy (non-hydrogen) atoms. The van der Waals surface area contributed by atoms with Crippen molar-refractivity contribution in [3.63, 3.8) is 0 Å². The lowest BCUT2D eigenvalue weighted by Gasteiger charge is -2.41. The molecule has 0 bridgehead atoms. The van der Waals surface area contributed by atoms with Crippen molar-refractivity contribution >= 4 is 37.0 Å². The van der Waals surface area contributed by atoms with Gasteiger partial charge in [-0.05, 0) is 93.2 Å². The number of likely N-dealkylation sites (tertiary alicyclic amines) is 3. The number of aromatic hydroxyl groups is 1. The maximum atomic E-state index is 14.0. The van der Waals surface area contributed by atoms with Crippen molar-refractivity contribution in [3.05, 3.63) is 53.1 Å². The molecule has 0 spiro atoms. The smallest absolute Gasteiger partial charge is 0.410 e. The summed E-state index contributed by atoms with van der Waals surface area (Å²) in [4.78, 5) is 48.7. The van der Waals surface area contributed by atoms with Crippen LogP contribution in [0.15, 0.2) is 36.4 Å². The van der Waals surface area contributed by atoms with Gasteiger partial charge in [0.05, 0.1) is 0 Å². The van der Waals surface area contributed by atoms with Gasteiger partial charge in [0.15, 0.2) is 6.10 Å². The Labute approximate surface area is 273 Å². The summed E-state index contributed by atoms with van der Waals surface area (Å²) in [6, 6.07) is 12.1. The Balaban J connectivity index is 1.09. The average molecular weight is 630 g/mol. The molecule has 2 aromatic rings. The first-order chi connectivity index (χ1) is 22.3. The Morgan fingerprint density at radius 2 is 1.61 bits per heavy atom. The van der Waals surface area contributed by atoms with Crippen LogP contribution in [0.4, 0.5) is 15.3 Å². The lowest BCUT2D eigenvalue weighted by Crippen LogP contribution is -2.53. The molecule has 0 aliphatic carbocycles. The van der Waals surface area contributed by atoms with E-state index in [4.69, 9.17) is 4.74 Å². The summed E-state index contributed by atoms with van der Waals surface area (Å²) in [7, 11) is 1.84. The topological polar surface area (TPSA) is 106 Å². The zero-order chi connectivity index (χ0) is 32.2. The highest BCUT2D eigenvalue weighted by Gasteiger charge is 2.36. The van der Waals surface area contributed by atoms with Gasteiger partial charge in [0.2, 0.25) is 0 Å². The predicted octanol–water partition coefficient (Wildman–Crippen LogP) is 3.04. The monoisotopic (exact) mass is 629 g/mol. The molecular formula is C35H48BN5O5. The maximum Gasteiger partial charge on any atom is 0.410 e. The van der Waals surface area contributed by atoms with Gasteiger partial charge >= 0.3 is 12.1 Å². The number of urea groups is 1. The summed E-state index contributed by atoms with van der Waals surface area (Å²) in [6.45, 7) is 7.00. The number of phenols is 1. The van der Waals surface area contributed by atoms with E-state index in [1.165, 1.54) is 19.3 Å². The number of carbonyl (C=O) groups excluding carboxylic acids is 3. The van der Waals surface area contributed by atoms with Crippen LogP contribution in [0.3, 0.4) is 0 Å². The molecular weight excluding hydrogens is 581 g/mol. The quantitative estimate of drug-likeness (QED) is 0.477. The number of rotatable bonds is 6. The first-order valence-corrected chi connectivity index (χ1v) is 17.2. The summed E-state index contributed by atoms with van der Waals surface area (Å²) in [6.07, 6.45) is 6.58. The van der Waals surface area contributed by atoms with E-state index in [1.54, 1.807) is 4.90 Å². The number of carbonyl (C=O) groups is 3. The standard InChI is InChI=1S/C35H48BN5O5/c1-24-21-25(22-29(36)32(24)42)23-31(33(43)39-16-10-27(11-17-39)38-14-5-2-6-15-38)46-35(45)40-18-12-28(13-19-40)41-20-9-26-7-3-4-8-30(26)37-34(41)44/h3-4,7-8,21-22,27-28,31,42H,2,5-6,9-20,23,36H2,1H3,(H,37,44)/t31-/m1/s1. The number of anilines is 1. The predicted molar refractivity (Wildman–Crippen MR) is 180 cm³/mol.